The Bertz CT molecular complexity index is 806. The Kier molecular flexibility index (Phi) is 3.86. The van der Waals surface area contributed by atoms with Crippen molar-refractivity contribution in [2.75, 3.05) is 7.11 Å². The van der Waals surface area contributed by atoms with Gasteiger partial charge in [0.2, 0.25) is 0 Å². The van der Waals surface area contributed by atoms with Crippen molar-refractivity contribution in [2.24, 2.45) is 0 Å². The number of aliphatic hydroxyl groups is 1. The third-order valence-corrected chi connectivity index (χ3v) is 3.80. The summed E-state index contributed by atoms with van der Waals surface area (Å²) in [5.74, 6) is 0.829. The van der Waals surface area contributed by atoms with E-state index in [1.807, 2.05) is 53.9 Å². The van der Waals surface area contributed by atoms with Gasteiger partial charge in [0.25, 0.3) is 0 Å². The normalized spacial score (nSPS) is 12.5. The molecule has 2 heterocycles. The molecule has 3 aromatic rings. The van der Waals surface area contributed by atoms with Crippen molar-refractivity contribution in [3.63, 3.8) is 0 Å². The summed E-state index contributed by atoms with van der Waals surface area (Å²) in [6, 6.07) is 12.0. The van der Waals surface area contributed by atoms with Crippen molar-refractivity contribution >= 4 is 5.65 Å². The maximum atomic E-state index is 10.2. The molecule has 3 rings (SSSR count). The predicted octanol–water partition coefficient (Wildman–Crippen LogP) is 3.30. The smallest absolute Gasteiger partial charge is 0.137 e. The van der Waals surface area contributed by atoms with E-state index in [1.54, 1.807) is 14.0 Å². The number of imidazole rings is 1. The van der Waals surface area contributed by atoms with Gasteiger partial charge in [0.05, 0.1) is 24.6 Å². The number of methoxy groups -OCH3 is 1. The fourth-order valence-corrected chi connectivity index (χ4v) is 2.76. The summed E-state index contributed by atoms with van der Waals surface area (Å²) in [5.41, 5.74) is 4.88. The number of aromatic nitrogens is 2. The minimum absolute atomic E-state index is 0.571. The molecule has 1 atom stereocenters. The molecule has 0 radical (unpaired) electrons. The Morgan fingerprint density at radius 1 is 1.27 bits per heavy atom. The first-order valence-electron chi connectivity index (χ1n) is 7.37. The molecule has 4 heteroatoms. The second-order valence-corrected chi connectivity index (χ2v) is 5.58. The molecule has 1 aromatic carbocycles. The van der Waals surface area contributed by atoms with Gasteiger partial charge in [-0.3, -0.25) is 0 Å². The number of hydrogen-bond donors (Lipinski definition) is 1. The van der Waals surface area contributed by atoms with Crippen LogP contribution in [0.15, 0.2) is 42.6 Å². The van der Waals surface area contributed by atoms with Gasteiger partial charge < -0.3 is 14.2 Å². The molecule has 0 aliphatic carbocycles. The molecule has 0 spiro atoms. The summed E-state index contributed by atoms with van der Waals surface area (Å²) in [5, 5.41) is 10.2. The van der Waals surface area contributed by atoms with Crippen LogP contribution in [0.4, 0.5) is 0 Å². The Morgan fingerprint density at radius 2 is 2.09 bits per heavy atom. The lowest BCUT2D eigenvalue weighted by atomic mass is 10.1. The average molecular weight is 296 g/mol. The highest BCUT2D eigenvalue weighted by molar-refractivity contribution is 5.47. The van der Waals surface area contributed by atoms with Gasteiger partial charge in [0.1, 0.15) is 11.4 Å². The van der Waals surface area contributed by atoms with Gasteiger partial charge in [0, 0.05) is 12.6 Å². The highest BCUT2D eigenvalue weighted by Crippen LogP contribution is 2.24. The zero-order valence-electron chi connectivity index (χ0n) is 13.1. The van der Waals surface area contributed by atoms with E-state index in [9.17, 15) is 5.11 Å². The fourth-order valence-electron chi connectivity index (χ4n) is 2.76. The Balaban J connectivity index is 2.07. The van der Waals surface area contributed by atoms with E-state index < -0.39 is 6.10 Å². The minimum atomic E-state index is -0.571. The number of benzene rings is 1. The Hall–Kier alpha value is -2.33. The van der Waals surface area contributed by atoms with E-state index in [1.165, 1.54) is 0 Å². The zero-order chi connectivity index (χ0) is 15.7. The first-order valence-corrected chi connectivity index (χ1v) is 7.37. The zero-order valence-corrected chi connectivity index (χ0v) is 13.1. The number of fused-ring (bicyclic) bond motifs is 1. The van der Waals surface area contributed by atoms with Crippen LogP contribution >= 0.6 is 0 Å². The quantitative estimate of drug-likeness (QED) is 0.803. The van der Waals surface area contributed by atoms with Crippen molar-refractivity contribution in [3.8, 4) is 5.75 Å². The standard InChI is InChI=1S/C18H20N2O2/c1-12-7-8-20-17(9-12)19-16(18(20)13(2)21)11-14-5-4-6-15(10-14)22-3/h4-10,13,21H,11H2,1-3H3. The summed E-state index contributed by atoms with van der Waals surface area (Å²) in [6.45, 7) is 3.82. The predicted molar refractivity (Wildman–Crippen MR) is 86.4 cm³/mol. The van der Waals surface area contributed by atoms with E-state index in [0.717, 1.165) is 33.9 Å². The van der Waals surface area contributed by atoms with Gasteiger partial charge in [0.15, 0.2) is 0 Å². The van der Waals surface area contributed by atoms with E-state index in [0.29, 0.717) is 6.42 Å². The SMILES string of the molecule is COc1cccc(Cc2nc3cc(C)ccn3c2C(C)O)c1. The van der Waals surface area contributed by atoms with Crippen LogP contribution < -0.4 is 4.74 Å². The molecule has 0 aliphatic rings. The van der Waals surface area contributed by atoms with Crippen molar-refractivity contribution in [3.05, 3.63) is 65.1 Å². The van der Waals surface area contributed by atoms with Crippen molar-refractivity contribution in [2.45, 2.75) is 26.4 Å². The monoisotopic (exact) mass is 296 g/mol. The molecule has 2 aromatic heterocycles. The second kappa shape index (κ2) is 5.81. The summed E-state index contributed by atoms with van der Waals surface area (Å²) >= 11 is 0. The maximum absolute atomic E-state index is 10.2. The Morgan fingerprint density at radius 3 is 2.82 bits per heavy atom. The van der Waals surface area contributed by atoms with Gasteiger partial charge in [-0.15, -0.1) is 0 Å². The first kappa shape index (κ1) is 14.6. The molecule has 0 bridgehead atoms. The molecule has 1 unspecified atom stereocenters. The summed E-state index contributed by atoms with van der Waals surface area (Å²) < 4.78 is 7.24. The van der Waals surface area contributed by atoms with E-state index >= 15 is 0 Å². The molecule has 1 N–H and O–H groups in total. The summed E-state index contributed by atoms with van der Waals surface area (Å²) in [7, 11) is 1.66. The lowest BCUT2D eigenvalue weighted by molar-refractivity contribution is 0.192. The van der Waals surface area contributed by atoms with Crippen molar-refractivity contribution in [1.29, 1.82) is 0 Å². The van der Waals surface area contributed by atoms with Crippen LogP contribution in [-0.4, -0.2) is 21.6 Å². The molecule has 0 saturated heterocycles. The highest BCUT2D eigenvalue weighted by Gasteiger charge is 2.17. The topological polar surface area (TPSA) is 46.8 Å². The second-order valence-electron chi connectivity index (χ2n) is 5.58. The lowest BCUT2D eigenvalue weighted by Crippen LogP contribution is -2.02. The van der Waals surface area contributed by atoms with Crippen molar-refractivity contribution < 1.29 is 9.84 Å². The van der Waals surface area contributed by atoms with Crippen LogP contribution in [0.1, 0.15) is 35.5 Å². The molecular weight excluding hydrogens is 276 g/mol. The summed E-state index contributed by atoms with van der Waals surface area (Å²) in [6.07, 6.45) is 2.06. The number of rotatable bonds is 4. The largest absolute Gasteiger partial charge is 0.497 e. The van der Waals surface area contributed by atoms with Crippen LogP contribution in [0, 0.1) is 6.92 Å². The number of nitrogens with zero attached hydrogens (tertiary/aromatic N) is 2. The van der Waals surface area contributed by atoms with E-state index in [-0.39, 0.29) is 0 Å². The van der Waals surface area contributed by atoms with Crippen LogP contribution in [-0.2, 0) is 6.42 Å². The van der Waals surface area contributed by atoms with Gasteiger partial charge >= 0.3 is 0 Å². The fraction of sp³-hybridized carbons (Fsp3) is 0.278. The van der Waals surface area contributed by atoms with E-state index in [2.05, 4.69) is 0 Å². The van der Waals surface area contributed by atoms with Gasteiger partial charge in [-0.1, -0.05) is 12.1 Å². The lowest BCUT2D eigenvalue weighted by Gasteiger charge is -2.09. The van der Waals surface area contributed by atoms with Gasteiger partial charge in [-0.25, -0.2) is 4.98 Å². The van der Waals surface area contributed by atoms with Crippen LogP contribution in [0.2, 0.25) is 0 Å². The Labute approximate surface area is 130 Å². The van der Waals surface area contributed by atoms with Crippen LogP contribution in [0.25, 0.3) is 5.65 Å². The third kappa shape index (κ3) is 2.70. The summed E-state index contributed by atoms with van der Waals surface area (Å²) in [4.78, 5) is 4.71. The molecule has 114 valence electrons. The molecule has 0 amide bonds. The third-order valence-electron chi connectivity index (χ3n) is 3.80. The highest BCUT2D eigenvalue weighted by atomic mass is 16.5. The van der Waals surface area contributed by atoms with E-state index in [4.69, 9.17) is 9.72 Å². The van der Waals surface area contributed by atoms with Gasteiger partial charge in [-0.2, -0.15) is 0 Å². The number of ether oxygens (including phenoxy) is 1. The van der Waals surface area contributed by atoms with Crippen LogP contribution in [0.3, 0.4) is 0 Å². The molecule has 0 fully saturated rings. The number of aryl methyl sites for hydroxylation is 1. The number of aliphatic hydroxyl groups excluding tert-OH is 1. The number of hydrogen-bond acceptors (Lipinski definition) is 3. The molecule has 0 aliphatic heterocycles. The first-order chi connectivity index (χ1) is 10.6. The number of pyridine rings is 1. The molecular formula is C18H20N2O2. The average Bonchev–Trinajstić information content (AvgIpc) is 2.84. The molecule has 0 saturated carbocycles. The van der Waals surface area contributed by atoms with Crippen LogP contribution in [0.5, 0.6) is 5.75 Å². The molecule has 22 heavy (non-hydrogen) atoms. The maximum Gasteiger partial charge on any atom is 0.137 e. The minimum Gasteiger partial charge on any atom is -0.497 e. The van der Waals surface area contributed by atoms with Crippen molar-refractivity contribution in [1.82, 2.24) is 9.38 Å². The van der Waals surface area contributed by atoms with Gasteiger partial charge in [-0.05, 0) is 49.2 Å². The molecule has 4 nitrogen and oxygen atoms in total.